The van der Waals surface area contributed by atoms with E-state index in [9.17, 15) is 13.2 Å². The summed E-state index contributed by atoms with van der Waals surface area (Å²) in [6.07, 6.45) is 2.43. The predicted molar refractivity (Wildman–Crippen MR) is 113 cm³/mol. The van der Waals surface area contributed by atoms with E-state index in [1.165, 1.54) is 30.2 Å². The van der Waals surface area contributed by atoms with Crippen molar-refractivity contribution in [2.45, 2.75) is 33.2 Å². The van der Waals surface area contributed by atoms with Crippen LogP contribution in [0.4, 0.5) is 10.8 Å². The molecule has 1 amide bonds. The smallest absolute Gasteiger partial charge is 0.257 e. The molecule has 2 N–H and O–H groups in total. The molecule has 0 radical (unpaired) electrons. The maximum atomic E-state index is 12.5. The molecule has 0 aliphatic carbocycles. The number of rotatable bonds is 7. The Labute approximate surface area is 170 Å². The molecule has 1 saturated heterocycles. The third-order valence-electron chi connectivity index (χ3n) is 4.81. The van der Waals surface area contributed by atoms with Crippen LogP contribution in [0.15, 0.2) is 29.6 Å². The van der Waals surface area contributed by atoms with Crippen molar-refractivity contribution in [2.75, 3.05) is 28.9 Å². The fraction of sp³-hybridized carbons (Fsp3) is 0.474. The highest BCUT2D eigenvalue weighted by Gasteiger charge is 2.17. The first kappa shape index (κ1) is 20.8. The minimum atomic E-state index is -3.38. The summed E-state index contributed by atoms with van der Waals surface area (Å²) in [6, 6.07) is 6.42. The summed E-state index contributed by atoms with van der Waals surface area (Å²) in [5, 5.41) is 5.32. The molecule has 1 fully saturated rings. The average Bonchev–Trinajstić information content (AvgIpc) is 3.10. The van der Waals surface area contributed by atoms with Crippen LogP contribution < -0.4 is 10.0 Å². The Morgan fingerprint density at radius 3 is 2.79 bits per heavy atom. The molecule has 1 aromatic heterocycles. The maximum Gasteiger partial charge on any atom is 0.257 e. The lowest BCUT2D eigenvalue weighted by Gasteiger charge is -2.29. The van der Waals surface area contributed by atoms with Crippen LogP contribution in [0.25, 0.3) is 0 Å². The molecule has 1 aromatic carbocycles. The van der Waals surface area contributed by atoms with E-state index in [1.807, 2.05) is 5.38 Å². The minimum absolute atomic E-state index is 0.0265. The summed E-state index contributed by atoms with van der Waals surface area (Å²) in [5.41, 5.74) is 1.70. The first-order valence-corrected chi connectivity index (χ1v) is 12.0. The summed E-state index contributed by atoms with van der Waals surface area (Å²) < 4.78 is 25.9. The van der Waals surface area contributed by atoms with Crippen LogP contribution in [-0.4, -0.2) is 43.1 Å². The topological polar surface area (TPSA) is 91.4 Å². The van der Waals surface area contributed by atoms with Gasteiger partial charge in [0.2, 0.25) is 10.0 Å². The van der Waals surface area contributed by atoms with Gasteiger partial charge in [-0.25, -0.2) is 13.4 Å². The van der Waals surface area contributed by atoms with Gasteiger partial charge in [0.25, 0.3) is 5.91 Å². The van der Waals surface area contributed by atoms with Crippen molar-refractivity contribution in [1.82, 2.24) is 9.88 Å². The molecule has 1 aliphatic heterocycles. The van der Waals surface area contributed by atoms with Gasteiger partial charge in [0.05, 0.1) is 11.4 Å². The van der Waals surface area contributed by atoms with Crippen LogP contribution >= 0.6 is 11.3 Å². The number of carbonyl (C=O) groups is 1. The van der Waals surface area contributed by atoms with Crippen molar-refractivity contribution in [3.8, 4) is 0 Å². The molecule has 0 bridgehead atoms. The number of benzene rings is 1. The molecule has 3 rings (SSSR count). The van der Waals surface area contributed by atoms with Gasteiger partial charge >= 0.3 is 0 Å². The van der Waals surface area contributed by atoms with Crippen molar-refractivity contribution in [1.29, 1.82) is 0 Å². The Hall–Kier alpha value is -1.97. The van der Waals surface area contributed by atoms with Crippen LogP contribution in [0.2, 0.25) is 0 Å². The molecule has 0 atom stereocenters. The molecular weight excluding hydrogens is 396 g/mol. The number of sulfonamides is 1. The standard InChI is InChI=1S/C19H26N4O3S2/c1-3-28(25,26)22-16-6-4-5-15(11-16)18(24)21-19-20-17(13-27-19)12-23-9-7-14(2)8-10-23/h4-6,11,13-14,22H,3,7-10,12H2,1-2H3,(H,20,21,24). The minimum Gasteiger partial charge on any atom is -0.298 e. The normalized spacial score (nSPS) is 16.1. The molecule has 9 heteroatoms. The molecule has 2 aromatic rings. The van der Waals surface area contributed by atoms with Gasteiger partial charge in [0, 0.05) is 23.2 Å². The van der Waals surface area contributed by atoms with Gasteiger partial charge in [0.15, 0.2) is 5.13 Å². The van der Waals surface area contributed by atoms with Crippen molar-refractivity contribution >= 4 is 38.1 Å². The molecule has 152 valence electrons. The number of hydrogen-bond acceptors (Lipinski definition) is 6. The number of thiazole rings is 1. The second kappa shape index (κ2) is 9.02. The summed E-state index contributed by atoms with van der Waals surface area (Å²) in [6.45, 7) is 6.81. The van der Waals surface area contributed by atoms with Gasteiger partial charge in [-0.15, -0.1) is 11.3 Å². The molecule has 28 heavy (non-hydrogen) atoms. The van der Waals surface area contributed by atoms with Crippen LogP contribution in [0.5, 0.6) is 0 Å². The largest absolute Gasteiger partial charge is 0.298 e. The molecule has 2 heterocycles. The highest BCUT2D eigenvalue weighted by atomic mass is 32.2. The lowest BCUT2D eigenvalue weighted by atomic mass is 9.99. The number of amides is 1. The van der Waals surface area contributed by atoms with Crippen molar-refractivity contribution in [2.24, 2.45) is 5.92 Å². The second-order valence-corrected chi connectivity index (χ2v) is 10.0. The monoisotopic (exact) mass is 422 g/mol. The van der Waals surface area contributed by atoms with E-state index < -0.39 is 10.0 Å². The van der Waals surface area contributed by atoms with Crippen LogP contribution in [0, 0.1) is 5.92 Å². The lowest BCUT2D eigenvalue weighted by Crippen LogP contribution is -2.32. The Kier molecular flexibility index (Phi) is 6.69. The quantitative estimate of drug-likeness (QED) is 0.714. The lowest BCUT2D eigenvalue weighted by molar-refractivity contribution is 0.102. The van der Waals surface area contributed by atoms with E-state index in [0.29, 0.717) is 16.4 Å². The number of aromatic nitrogens is 1. The zero-order chi connectivity index (χ0) is 20.1. The van der Waals surface area contributed by atoms with Crippen LogP contribution in [0.1, 0.15) is 42.7 Å². The van der Waals surface area contributed by atoms with Crippen molar-refractivity contribution < 1.29 is 13.2 Å². The van der Waals surface area contributed by atoms with E-state index in [4.69, 9.17) is 0 Å². The fourth-order valence-corrected chi connectivity index (χ4v) is 4.36. The zero-order valence-corrected chi connectivity index (χ0v) is 17.8. The SMILES string of the molecule is CCS(=O)(=O)Nc1cccc(C(=O)Nc2nc(CN3CCC(C)CC3)cs2)c1. The van der Waals surface area contributed by atoms with Crippen molar-refractivity contribution in [3.05, 3.63) is 40.9 Å². The summed E-state index contributed by atoms with van der Waals surface area (Å²) >= 11 is 1.40. The Morgan fingerprint density at radius 2 is 2.07 bits per heavy atom. The number of hydrogen-bond donors (Lipinski definition) is 2. The highest BCUT2D eigenvalue weighted by Crippen LogP contribution is 2.22. The maximum absolute atomic E-state index is 12.5. The van der Waals surface area contributed by atoms with Gasteiger partial charge in [-0.05, 0) is 57.0 Å². The number of nitrogens with zero attached hydrogens (tertiary/aromatic N) is 2. The number of piperidine rings is 1. The number of likely N-dealkylation sites (tertiary alicyclic amines) is 1. The first-order valence-electron chi connectivity index (χ1n) is 9.43. The molecular formula is C19H26N4O3S2. The predicted octanol–water partition coefficient (Wildman–Crippen LogP) is 3.39. The van der Waals surface area contributed by atoms with Gasteiger partial charge in [-0.3, -0.25) is 19.7 Å². The van der Waals surface area contributed by atoms with Crippen LogP contribution in [-0.2, 0) is 16.6 Å². The number of anilines is 2. The zero-order valence-electron chi connectivity index (χ0n) is 16.1. The second-order valence-electron chi connectivity index (χ2n) is 7.14. The highest BCUT2D eigenvalue weighted by molar-refractivity contribution is 7.92. The number of carbonyl (C=O) groups excluding carboxylic acids is 1. The summed E-state index contributed by atoms with van der Waals surface area (Å²) in [4.78, 5) is 19.4. The molecule has 1 aliphatic rings. The van der Waals surface area contributed by atoms with E-state index in [-0.39, 0.29) is 11.7 Å². The van der Waals surface area contributed by atoms with E-state index in [0.717, 1.165) is 31.2 Å². The Morgan fingerprint density at radius 1 is 1.32 bits per heavy atom. The van der Waals surface area contributed by atoms with Gasteiger partial charge in [-0.1, -0.05) is 13.0 Å². The Bertz CT molecular complexity index is 919. The van der Waals surface area contributed by atoms with Crippen LogP contribution in [0.3, 0.4) is 0 Å². The van der Waals surface area contributed by atoms with Gasteiger partial charge in [-0.2, -0.15) is 0 Å². The fourth-order valence-electron chi connectivity index (χ4n) is 3.03. The summed E-state index contributed by atoms with van der Waals surface area (Å²) in [5.74, 6) is 0.450. The third-order valence-corrected chi connectivity index (χ3v) is 6.93. The molecule has 0 spiro atoms. The Balaban J connectivity index is 1.60. The van der Waals surface area contributed by atoms with E-state index >= 15 is 0 Å². The molecule has 0 unspecified atom stereocenters. The van der Waals surface area contributed by atoms with Gasteiger partial charge < -0.3 is 0 Å². The van der Waals surface area contributed by atoms with Gasteiger partial charge in [0.1, 0.15) is 0 Å². The van der Waals surface area contributed by atoms with E-state index in [1.54, 1.807) is 25.1 Å². The molecule has 0 saturated carbocycles. The molecule has 7 nitrogen and oxygen atoms in total. The summed E-state index contributed by atoms with van der Waals surface area (Å²) in [7, 11) is -3.38. The van der Waals surface area contributed by atoms with Crippen molar-refractivity contribution in [3.63, 3.8) is 0 Å². The first-order chi connectivity index (χ1) is 13.3. The van der Waals surface area contributed by atoms with E-state index in [2.05, 4.69) is 26.8 Å². The third kappa shape index (κ3) is 5.76. The number of nitrogens with one attached hydrogen (secondary N) is 2. The average molecular weight is 423 g/mol.